The summed E-state index contributed by atoms with van der Waals surface area (Å²) >= 11 is 3.26. The lowest BCUT2D eigenvalue weighted by Gasteiger charge is -2.07. The number of hydrogen-bond donors (Lipinski definition) is 1. The molecule has 1 aromatic carbocycles. The Balaban J connectivity index is 2.80. The van der Waals surface area contributed by atoms with Crippen molar-refractivity contribution in [2.45, 2.75) is 30.6 Å². The molecule has 0 fully saturated rings. The number of hydrogen-bond acceptors (Lipinski definition) is 3. The number of carboxylic acids is 1. The van der Waals surface area contributed by atoms with Crippen LogP contribution in [0.15, 0.2) is 27.6 Å². The van der Waals surface area contributed by atoms with Crippen LogP contribution in [-0.4, -0.2) is 19.5 Å². The van der Waals surface area contributed by atoms with Gasteiger partial charge in [-0.1, -0.05) is 15.9 Å². The fourth-order valence-electron chi connectivity index (χ4n) is 1.57. The molecule has 0 heterocycles. The third-order valence-electron chi connectivity index (χ3n) is 2.37. The van der Waals surface area contributed by atoms with E-state index in [0.717, 1.165) is 4.47 Å². The summed E-state index contributed by atoms with van der Waals surface area (Å²) in [6.45, 7) is 0. The van der Waals surface area contributed by atoms with Gasteiger partial charge in [0.15, 0.2) is 0 Å². The van der Waals surface area contributed by atoms with Gasteiger partial charge in [0.2, 0.25) is 0 Å². The first kappa shape index (κ1) is 15.5. The van der Waals surface area contributed by atoms with Crippen LogP contribution in [0.25, 0.3) is 0 Å². The summed E-state index contributed by atoms with van der Waals surface area (Å²) in [6, 6.07) is 4.74. The molecule has 1 aromatic rings. The summed E-state index contributed by atoms with van der Waals surface area (Å²) < 4.78 is 23.5. The van der Waals surface area contributed by atoms with Gasteiger partial charge in [0, 0.05) is 21.6 Å². The Morgan fingerprint density at radius 3 is 2.56 bits per heavy atom. The van der Waals surface area contributed by atoms with E-state index in [1.165, 1.54) is 6.07 Å². The smallest absolute Gasteiger partial charge is 0.303 e. The first-order valence-corrected chi connectivity index (χ1v) is 8.36. The Bertz CT molecular complexity index is 542. The van der Waals surface area contributed by atoms with Crippen molar-refractivity contribution in [2.24, 2.45) is 0 Å². The molecule has 4 nitrogen and oxygen atoms in total. The van der Waals surface area contributed by atoms with Gasteiger partial charge in [-0.3, -0.25) is 4.79 Å². The second-order valence-electron chi connectivity index (χ2n) is 3.79. The van der Waals surface area contributed by atoms with Crippen LogP contribution in [0.1, 0.15) is 24.8 Å². The maximum atomic E-state index is 11.4. The molecule has 0 aliphatic rings. The molecule has 0 radical (unpaired) electrons. The van der Waals surface area contributed by atoms with Crippen LogP contribution in [0.3, 0.4) is 0 Å². The third-order valence-corrected chi connectivity index (χ3v) is 4.29. The lowest BCUT2D eigenvalue weighted by molar-refractivity contribution is -0.137. The Morgan fingerprint density at radius 1 is 1.33 bits per heavy atom. The monoisotopic (exact) mass is 354 g/mol. The maximum Gasteiger partial charge on any atom is 0.303 e. The van der Waals surface area contributed by atoms with Crippen molar-refractivity contribution in [3.63, 3.8) is 0 Å². The second-order valence-corrected chi connectivity index (χ2v) is 7.24. The normalized spacial score (nSPS) is 11.4. The number of carboxylic acid groups (broad SMARTS) is 1. The summed E-state index contributed by atoms with van der Waals surface area (Å²) in [6.07, 6.45) is 1.66. The van der Waals surface area contributed by atoms with Gasteiger partial charge in [-0.15, -0.1) is 0 Å². The Kier molecular flexibility index (Phi) is 5.62. The average molecular weight is 356 g/mol. The average Bonchev–Trinajstić information content (AvgIpc) is 2.22. The number of carbonyl (C=O) groups is 1. The zero-order chi connectivity index (χ0) is 13.8. The molecular formula is C11H12BrClO4S. The van der Waals surface area contributed by atoms with Crippen molar-refractivity contribution < 1.29 is 18.3 Å². The largest absolute Gasteiger partial charge is 0.481 e. The molecule has 0 atom stereocenters. The van der Waals surface area contributed by atoms with Gasteiger partial charge < -0.3 is 5.11 Å². The van der Waals surface area contributed by atoms with Crippen LogP contribution in [0.5, 0.6) is 0 Å². The SMILES string of the molecule is O=C(O)CCCCc1cc(Br)ccc1S(=O)(=O)Cl. The Labute approximate surface area is 119 Å². The molecule has 0 aromatic heterocycles. The Hall–Kier alpha value is -0.590. The highest BCUT2D eigenvalue weighted by Gasteiger charge is 2.15. The topological polar surface area (TPSA) is 71.4 Å². The summed E-state index contributed by atoms with van der Waals surface area (Å²) in [5.41, 5.74) is 0.602. The van der Waals surface area contributed by atoms with Crippen LogP contribution in [0.2, 0.25) is 0 Å². The van der Waals surface area contributed by atoms with Gasteiger partial charge in [-0.25, -0.2) is 8.42 Å². The van der Waals surface area contributed by atoms with Crippen LogP contribution in [0, 0.1) is 0 Å². The number of aliphatic carboxylic acids is 1. The highest BCUT2D eigenvalue weighted by molar-refractivity contribution is 9.10. The molecule has 0 saturated carbocycles. The van der Waals surface area contributed by atoms with E-state index in [2.05, 4.69) is 15.9 Å². The quantitative estimate of drug-likeness (QED) is 0.628. The second kappa shape index (κ2) is 6.54. The van der Waals surface area contributed by atoms with Crippen LogP contribution in [-0.2, 0) is 20.3 Å². The van der Waals surface area contributed by atoms with E-state index in [1.54, 1.807) is 12.1 Å². The van der Waals surface area contributed by atoms with E-state index in [1.807, 2.05) is 0 Å². The summed E-state index contributed by atoms with van der Waals surface area (Å²) in [5.74, 6) is -0.852. The standard InChI is InChI=1S/C11H12BrClO4S/c12-9-5-6-10(18(13,16)17)8(7-9)3-1-2-4-11(14)15/h5-7H,1-4H2,(H,14,15). The van der Waals surface area contributed by atoms with E-state index < -0.39 is 15.0 Å². The lowest BCUT2D eigenvalue weighted by Crippen LogP contribution is -2.00. The van der Waals surface area contributed by atoms with Gasteiger partial charge in [-0.2, -0.15) is 0 Å². The number of halogens is 2. The fourth-order valence-corrected chi connectivity index (χ4v) is 3.14. The molecule has 100 valence electrons. The molecule has 1 rings (SSSR count). The van der Waals surface area contributed by atoms with E-state index in [4.69, 9.17) is 15.8 Å². The summed E-state index contributed by atoms with van der Waals surface area (Å²) in [4.78, 5) is 10.5. The number of aryl methyl sites for hydroxylation is 1. The van der Waals surface area contributed by atoms with Crippen molar-refractivity contribution in [3.8, 4) is 0 Å². The molecule has 0 aliphatic heterocycles. The number of unbranched alkanes of at least 4 members (excludes halogenated alkanes) is 1. The molecule has 0 bridgehead atoms. The lowest BCUT2D eigenvalue weighted by atomic mass is 10.1. The predicted molar refractivity (Wildman–Crippen MR) is 72.4 cm³/mol. The zero-order valence-corrected chi connectivity index (χ0v) is 12.6. The van der Waals surface area contributed by atoms with Crippen molar-refractivity contribution in [1.82, 2.24) is 0 Å². The summed E-state index contributed by atoms with van der Waals surface area (Å²) in [7, 11) is 1.57. The minimum absolute atomic E-state index is 0.0803. The predicted octanol–water partition coefficient (Wildman–Crippen LogP) is 3.17. The highest BCUT2D eigenvalue weighted by Crippen LogP contribution is 2.25. The van der Waals surface area contributed by atoms with E-state index >= 15 is 0 Å². The summed E-state index contributed by atoms with van der Waals surface area (Å²) in [5, 5.41) is 8.51. The molecule has 18 heavy (non-hydrogen) atoms. The minimum Gasteiger partial charge on any atom is -0.481 e. The van der Waals surface area contributed by atoms with Crippen LogP contribution in [0.4, 0.5) is 0 Å². The van der Waals surface area contributed by atoms with Crippen LogP contribution >= 0.6 is 26.6 Å². The van der Waals surface area contributed by atoms with E-state index in [-0.39, 0.29) is 11.3 Å². The van der Waals surface area contributed by atoms with Crippen molar-refractivity contribution >= 4 is 41.6 Å². The zero-order valence-electron chi connectivity index (χ0n) is 9.40. The van der Waals surface area contributed by atoms with E-state index in [0.29, 0.717) is 24.8 Å². The maximum absolute atomic E-state index is 11.4. The molecule has 1 N–H and O–H groups in total. The highest BCUT2D eigenvalue weighted by atomic mass is 79.9. The first-order valence-electron chi connectivity index (χ1n) is 5.25. The van der Waals surface area contributed by atoms with Gasteiger partial charge >= 0.3 is 5.97 Å². The van der Waals surface area contributed by atoms with Gasteiger partial charge in [-0.05, 0) is 43.0 Å². The van der Waals surface area contributed by atoms with Gasteiger partial charge in [0.1, 0.15) is 0 Å². The number of rotatable bonds is 6. The molecule has 7 heteroatoms. The minimum atomic E-state index is -3.77. The van der Waals surface area contributed by atoms with Crippen molar-refractivity contribution in [2.75, 3.05) is 0 Å². The van der Waals surface area contributed by atoms with Gasteiger partial charge in [0.25, 0.3) is 9.05 Å². The molecule has 0 unspecified atom stereocenters. The van der Waals surface area contributed by atoms with Crippen molar-refractivity contribution in [3.05, 3.63) is 28.2 Å². The first-order chi connectivity index (χ1) is 8.30. The number of benzene rings is 1. The Morgan fingerprint density at radius 2 is 2.00 bits per heavy atom. The third kappa shape index (κ3) is 4.96. The molecular weight excluding hydrogens is 344 g/mol. The van der Waals surface area contributed by atoms with Crippen LogP contribution < -0.4 is 0 Å². The molecule has 0 saturated heterocycles. The molecule has 0 spiro atoms. The fraction of sp³-hybridized carbons (Fsp3) is 0.364. The van der Waals surface area contributed by atoms with Gasteiger partial charge in [0.05, 0.1) is 4.90 Å². The van der Waals surface area contributed by atoms with E-state index in [9.17, 15) is 13.2 Å². The van der Waals surface area contributed by atoms with Crippen molar-refractivity contribution in [1.29, 1.82) is 0 Å². The molecule has 0 amide bonds. The molecule has 0 aliphatic carbocycles.